The number of anilines is 2. The van der Waals surface area contributed by atoms with Gasteiger partial charge in [-0.1, -0.05) is 11.3 Å². The van der Waals surface area contributed by atoms with E-state index in [4.69, 9.17) is 5.73 Å². The lowest BCUT2D eigenvalue weighted by atomic mass is 10.3. The standard InChI is InChI=1S/C10H9N5OS2/c11-9-14-7(6-1-2-17-8(6)15-9)12-3-5-4-18-10(16)13-5/h1-2,4H,3H2,(H,13,16)(H3,11,12,14,15). The van der Waals surface area contributed by atoms with E-state index in [2.05, 4.69) is 20.3 Å². The number of hydrogen-bond acceptors (Lipinski definition) is 7. The number of hydrogen-bond donors (Lipinski definition) is 3. The summed E-state index contributed by atoms with van der Waals surface area (Å²) in [6.07, 6.45) is 0. The van der Waals surface area contributed by atoms with Gasteiger partial charge in [0.15, 0.2) is 0 Å². The van der Waals surface area contributed by atoms with E-state index >= 15 is 0 Å². The number of nitrogen functional groups attached to an aromatic ring is 1. The molecule has 3 heterocycles. The van der Waals surface area contributed by atoms with Crippen LogP contribution < -0.4 is 15.9 Å². The monoisotopic (exact) mass is 279 g/mol. The van der Waals surface area contributed by atoms with Crippen LogP contribution in [-0.4, -0.2) is 15.0 Å². The molecule has 0 atom stereocenters. The van der Waals surface area contributed by atoms with Gasteiger partial charge in [-0.05, 0) is 11.4 Å². The van der Waals surface area contributed by atoms with Crippen LogP contribution in [0, 0.1) is 0 Å². The van der Waals surface area contributed by atoms with E-state index in [0.717, 1.165) is 27.2 Å². The van der Waals surface area contributed by atoms with Crippen molar-refractivity contribution >= 4 is 44.7 Å². The van der Waals surface area contributed by atoms with E-state index in [0.29, 0.717) is 12.4 Å². The fourth-order valence-corrected chi connectivity index (χ4v) is 2.94. The van der Waals surface area contributed by atoms with Crippen molar-refractivity contribution in [3.05, 3.63) is 32.2 Å². The van der Waals surface area contributed by atoms with Crippen LogP contribution in [0.1, 0.15) is 5.69 Å². The molecule has 3 aromatic rings. The summed E-state index contributed by atoms with van der Waals surface area (Å²) >= 11 is 2.66. The molecule has 3 rings (SSSR count). The Balaban J connectivity index is 1.90. The number of nitrogens with zero attached hydrogens (tertiary/aromatic N) is 2. The molecule has 0 spiro atoms. The average Bonchev–Trinajstić information content (AvgIpc) is 2.94. The maximum atomic E-state index is 11.0. The molecule has 6 nitrogen and oxygen atoms in total. The Bertz CT molecular complexity index is 744. The van der Waals surface area contributed by atoms with E-state index in [-0.39, 0.29) is 10.8 Å². The second kappa shape index (κ2) is 4.39. The first-order chi connectivity index (χ1) is 8.72. The molecule has 0 aromatic carbocycles. The molecule has 0 aliphatic heterocycles. The summed E-state index contributed by atoms with van der Waals surface area (Å²) in [6, 6.07) is 1.94. The molecule has 92 valence electrons. The lowest BCUT2D eigenvalue weighted by molar-refractivity contribution is 1.04. The Kier molecular flexibility index (Phi) is 2.73. The van der Waals surface area contributed by atoms with Gasteiger partial charge in [-0.3, -0.25) is 4.79 Å². The van der Waals surface area contributed by atoms with E-state index < -0.39 is 0 Å². The third-order valence-electron chi connectivity index (χ3n) is 2.36. The summed E-state index contributed by atoms with van der Waals surface area (Å²) in [5, 5.41) is 7.82. The summed E-state index contributed by atoms with van der Waals surface area (Å²) in [5.74, 6) is 0.928. The lowest BCUT2D eigenvalue weighted by Gasteiger charge is -2.05. The molecule has 4 N–H and O–H groups in total. The fourth-order valence-electron chi connectivity index (χ4n) is 1.59. The second-order valence-electron chi connectivity index (χ2n) is 3.60. The highest BCUT2D eigenvalue weighted by molar-refractivity contribution is 7.16. The van der Waals surface area contributed by atoms with Crippen molar-refractivity contribution in [3.63, 3.8) is 0 Å². The molecule has 3 aromatic heterocycles. The third kappa shape index (κ3) is 2.07. The number of nitrogens with two attached hydrogens (primary N) is 1. The zero-order valence-corrected chi connectivity index (χ0v) is 10.8. The van der Waals surface area contributed by atoms with Crippen molar-refractivity contribution < 1.29 is 0 Å². The van der Waals surface area contributed by atoms with Crippen LogP contribution in [0.2, 0.25) is 0 Å². The van der Waals surface area contributed by atoms with Crippen LogP contribution in [0.3, 0.4) is 0 Å². The normalized spacial score (nSPS) is 10.9. The lowest BCUT2D eigenvalue weighted by Crippen LogP contribution is -2.06. The van der Waals surface area contributed by atoms with Crippen LogP contribution >= 0.6 is 22.7 Å². The fraction of sp³-hybridized carbons (Fsp3) is 0.100. The molecule has 0 bridgehead atoms. The summed E-state index contributed by atoms with van der Waals surface area (Å²) in [6.45, 7) is 0.500. The summed E-state index contributed by atoms with van der Waals surface area (Å²) in [7, 11) is 0. The second-order valence-corrected chi connectivity index (χ2v) is 5.33. The molecule has 18 heavy (non-hydrogen) atoms. The molecule has 0 amide bonds. The molecule has 8 heteroatoms. The van der Waals surface area contributed by atoms with Crippen molar-refractivity contribution in [1.29, 1.82) is 0 Å². The molecule has 0 aliphatic rings. The Morgan fingerprint density at radius 1 is 1.39 bits per heavy atom. The number of H-pyrrole nitrogens is 1. The van der Waals surface area contributed by atoms with Crippen molar-refractivity contribution in [2.24, 2.45) is 0 Å². The van der Waals surface area contributed by atoms with Crippen molar-refractivity contribution in [1.82, 2.24) is 15.0 Å². The largest absolute Gasteiger partial charge is 0.368 e. The maximum Gasteiger partial charge on any atom is 0.304 e. The maximum absolute atomic E-state index is 11.0. The van der Waals surface area contributed by atoms with Gasteiger partial charge in [0.2, 0.25) is 5.95 Å². The van der Waals surface area contributed by atoms with Crippen molar-refractivity contribution in [2.75, 3.05) is 11.1 Å². The number of aromatic amines is 1. The van der Waals surface area contributed by atoms with Crippen LogP contribution in [0.5, 0.6) is 0 Å². The minimum atomic E-state index is -0.0605. The number of thiazole rings is 1. The summed E-state index contributed by atoms with van der Waals surface area (Å²) < 4.78 is 0. The molecule has 0 aliphatic carbocycles. The first-order valence-corrected chi connectivity index (χ1v) is 6.89. The number of aromatic nitrogens is 3. The van der Waals surface area contributed by atoms with E-state index in [1.807, 2.05) is 11.4 Å². The van der Waals surface area contributed by atoms with E-state index in [9.17, 15) is 4.79 Å². The Hall–Kier alpha value is -1.93. The van der Waals surface area contributed by atoms with Crippen molar-refractivity contribution in [2.45, 2.75) is 6.54 Å². The first-order valence-electron chi connectivity index (χ1n) is 5.13. The van der Waals surface area contributed by atoms with Gasteiger partial charge in [0, 0.05) is 11.1 Å². The van der Waals surface area contributed by atoms with Gasteiger partial charge in [0.05, 0.1) is 11.9 Å². The number of nitrogens with one attached hydrogen (secondary N) is 2. The average molecular weight is 279 g/mol. The van der Waals surface area contributed by atoms with Gasteiger partial charge >= 0.3 is 4.87 Å². The van der Waals surface area contributed by atoms with Crippen LogP contribution in [0.25, 0.3) is 10.2 Å². The minimum absolute atomic E-state index is 0.0605. The van der Waals surface area contributed by atoms with E-state index in [1.165, 1.54) is 11.3 Å². The third-order valence-corrected chi connectivity index (χ3v) is 3.88. The number of fused-ring (bicyclic) bond motifs is 1. The zero-order chi connectivity index (χ0) is 12.5. The smallest absolute Gasteiger partial charge is 0.304 e. The summed E-state index contributed by atoms with van der Waals surface area (Å²) in [4.78, 5) is 22.9. The topological polar surface area (TPSA) is 96.7 Å². The highest BCUT2D eigenvalue weighted by Gasteiger charge is 2.07. The molecule has 0 radical (unpaired) electrons. The predicted molar refractivity (Wildman–Crippen MR) is 74.1 cm³/mol. The molecular weight excluding hydrogens is 270 g/mol. The zero-order valence-electron chi connectivity index (χ0n) is 9.14. The van der Waals surface area contributed by atoms with Crippen LogP contribution in [-0.2, 0) is 6.54 Å². The van der Waals surface area contributed by atoms with Gasteiger partial charge < -0.3 is 16.0 Å². The highest BCUT2D eigenvalue weighted by Crippen LogP contribution is 2.25. The molecular formula is C10H9N5OS2. The molecule has 0 unspecified atom stereocenters. The predicted octanol–water partition coefficient (Wildman–Crippen LogP) is 1.64. The molecule has 0 fully saturated rings. The quantitative estimate of drug-likeness (QED) is 0.677. The van der Waals surface area contributed by atoms with Crippen molar-refractivity contribution in [3.8, 4) is 0 Å². The van der Waals surface area contributed by atoms with Gasteiger partial charge in [-0.2, -0.15) is 4.98 Å². The SMILES string of the molecule is Nc1nc(NCc2csc(=O)[nH]2)c2ccsc2n1. The summed E-state index contributed by atoms with van der Waals surface area (Å²) in [5.41, 5.74) is 6.47. The van der Waals surface area contributed by atoms with Gasteiger partial charge in [-0.15, -0.1) is 11.3 Å². The van der Waals surface area contributed by atoms with Gasteiger partial charge in [0.25, 0.3) is 0 Å². The Morgan fingerprint density at radius 3 is 3.06 bits per heavy atom. The number of rotatable bonds is 3. The molecule has 0 saturated carbocycles. The highest BCUT2D eigenvalue weighted by atomic mass is 32.1. The van der Waals surface area contributed by atoms with Gasteiger partial charge in [0.1, 0.15) is 10.6 Å². The van der Waals surface area contributed by atoms with Crippen LogP contribution in [0.4, 0.5) is 11.8 Å². The van der Waals surface area contributed by atoms with Gasteiger partial charge in [-0.25, -0.2) is 4.98 Å². The first kappa shape index (κ1) is 11.2. The Morgan fingerprint density at radius 2 is 2.28 bits per heavy atom. The van der Waals surface area contributed by atoms with Crippen LogP contribution in [0.15, 0.2) is 21.6 Å². The molecule has 0 saturated heterocycles. The minimum Gasteiger partial charge on any atom is -0.368 e. The van der Waals surface area contributed by atoms with E-state index in [1.54, 1.807) is 5.38 Å². The number of thiophene rings is 1. The Labute approximate surface area is 110 Å².